The molecule has 1 aromatic rings. The number of halogens is 3. The van der Waals surface area contributed by atoms with Crippen molar-refractivity contribution in [3.8, 4) is 0 Å². The molecule has 15 heavy (non-hydrogen) atoms. The minimum atomic E-state index is -0.506. The standard InChI is InChI=1S/C11H11Br3O/c1-11(2,14)10(15)9(13)7-3-5-8(12)6-4-7/h3-6,9H,1-2H3. The van der Waals surface area contributed by atoms with E-state index in [2.05, 4.69) is 47.8 Å². The molecule has 0 amide bonds. The van der Waals surface area contributed by atoms with Gasteiger partial charge in [0.2, 0.25) is 0 Å². The summed E-state index contributed by atoms with van der Waals surface area (Å²) in [5.74, 6) is 0.116. The Morgan fingerprint density at radius 2 is 1.73 bits per heavy atom. The molecule has 0 bridgehead atoms. The lowest BCUT2D eigenvalue weighted by Crippen LogP contribution is -2.27. The average molecular weight is 399 g/mol. The smallest absolute Gasteiger partial charge is 0.166 e. The number of Topliss-reactive ketones (excluding diaryl/α,β-unsaturated/α-hetero) is 1. The molecular weight excluding hydrogens is 388 g/mol. The molecule has 4 heteroatoms. The first kappa shape index (κ1) is 13.4. The van der Waals surface area contributed by atoms with Crippen molar-refractivity contribution in [2.75, 3.05) is 0 Å². The Hall–Kier alpha value is 0.330. The third-order valence-corrected chi connectivity index (χ3v) is 3.84. The van der Waals surface area contributed by atoms with Crippen LogP contribution < -0.4 is 0 Å². The second kappa shape index (κ2) is 5.11. The van der Waals surface area contributed by atoms with Gasteiger partial charge in [-0.1, -0.05) is 59.9 Å². The molecule has 0 radical (unpaired) electrons. The zero-order chi connectivity index (χ0) is 11.6. The summed E-state index contributed by atoms with van der Waals surface area (Å²) in [6.07, 6.45) is 0. The topological polar surface area (TPSA) is 17.1 Å². The predicted molar refractivity (Wildman–Crippen MR) is 73.8 cm³/mol. The minimum absolute atomic E-state index is 0.116. The van der Waals surface area contributed by atoms with E-state index < -0.39 is 4.32 Å². The minimum Gasteiger partial charge on any atom is -0.296 e. The van der Waals surface area contributed by atoms with E-state index >= 15 is 0 Å². The number of hydrogen-bond donors (Lipinski definition) is 0. The summed E-state index contributed by atoms with van der Waals surface area (Å²) in [4.78, 5) is 11.7. The van der Waals surface area contributed by atoms with Gasteiger partial charge < -0.3 is 0 Å². The van der Waals surface area contributed by atoms with Crippen molar-refractivity contribution < 1.29 is 4.79 Å². The third kappa shape index (κ3) is 3.68. The first-order valence-corrected chi connectivity index (χ1v) is 6.95. The van der Waals surface area contributed by atoms with Gasteiger partial charge in [0.05, 0.1) is 9.15 Å². The number of hydrogen-bond acceptors (Lipinski definition) is 1. The van der Waals surface area contributed by atoms with Crippen LogP contribution in [0.15, 0.2) is 28.7 Å². The number of rotatable bonds is 3. The van der Waals surface area contributed by atoms with Gasteiger partial charge in [-0.3, -0.25) is 4.79 Å². The van der Waals surface area contributed by atoms with Gasteiger partial charge in [-0.25, -0.2) is 0 Å². The lowest BCUT2D eigenvalue weighted by molar-refractivity contribution is -0.119. The Bertz CT molecular complexity index is 351. The van der Waals surface area contributed by atoms with E-state index in [0.717, 1.165) is 10.0 Å². The van der Waals surface area contributed by atoms with Gasteiger partial charge in [0.15, 0.2) is 5.78 Å². The highest BCUT2D eigenvalue weighted by Crippen LogP contribution is 2.32. The van der Waals surface area contributed by atoms with Crippen molar-refractivity contribution >= 4 is 53.6 Å². The summed E-state index contributed by atoms with van der Waals surface area (Å²) in [6, 6.07) is 7.72. The first-order valence-electron chi connectivity index (χ1n) is 4.45. The monoisotopic (exact) mass is 396 g/mol. The molecule has 1 unspecified atom stereocenters. The molecule has 82 valence electrons. The molecule has 1 rings (SSSR count). The van der Waals surface area contributed by atoms with Crippen molar-refractivity contribution in [1.29, 1.82) is 0 Å². The Morgan fingerprint density at radius 3 is 2.13 bits per heavy atom. The van der Waals surface area contributed by atoms with Crippen LogP contribution in [0.2, 0.25) is 0 Å². The summed E-state index contributed by atoms with van der Waals surface area (Å²) in [7, 11) is 0. The zero-order valence-corrected chi connectivity index (χ0v) is 13.2. The molecule has 0 heterocycles. The summed E-state index contributed by atoms with van der Waals surface area (Å²) in [5.41, 5.74) is 0.968. The van der Waals surface area contributed by atoms with Gasteiger partial charge in [-0.05, 0) is 31.5 Å². The van der Waals surface area contributed by atoms with Gasteiger partial charge in [0, 0.05) is 4.47 Å². The van der Waals surface area contributed by atoms with E-state index in [0.29, 0.717) is 0 Å². The second-order valence-electron chi connectivity index (χ2n) is 3.75. The molecule has 0 aliphatic heterocycles. The van der Waals surface area contributed by atoms with Gasteiger partial charge in [0.25, 0.3) is 0 Å². The molecule has 0 fully saturated rings. The Kier molecular flexibility index (Phi) is 4.56. The lowest BCUT2D eigenvalue weighted by Gasteiger charge is -2.19. The second-order valence-corrected chi connectivity index (χ2v) is 7.56. The van der Waals surface area contributed by atoms with E-state index in [4.69, 9.17) is 0 Å². The molecule has 0 saturated heterocycles. The maximum atomic E-state index is 11.9. The van der Waals surface area contributed by atoms with Gasteiger partial charge in [-0.2, -0.15) is 0 Å². The SMILES string of the molecule is CC(C)(Br)C(=O)C(Br)c1ccc(Br)cc1. The molecule has 0 N–H and O–H groups in total. The molecule has 0 spiro atoms. The van der Waals surface area contributed by atoms with Crippen molar-refractivity contribution in [3.05, 3.63) is 34.3 Å². The van der Waals surface area contributed by atoms with Crippen LogP contribution in [0.5, 0.6) is 0 Å². The summed E-state index contributed by atoms with van der Waals surface area (Å²) in [5, 5.41) is 0. The first-order chi connectivity index (χ1) is 6.82. The Labute approximate surface area is 115 Å². The molecule has 0 aliphatic rings. The molecule has 1 nitrogen and oxygen atoms in total. The zero-order valence-electron chi connectivity index (χ0n) is 8.43. The van der Waals surface area contributed by atoms with E-state index in [1.54, 1.807) is 0 Å². The van der Waals surface area contributed by atoms with Crippen LogP contribution in [-0.2, 0) is 4.79 Å². The molecule has 0 saturated carbocycles. The number of ketones is 1. The van der Waals surface area contributed by atoms with Gasteiger partial charge in [-0.15, -0.1) is 0 Å². The van der Waals surface area contributed by atoms with Crippen molar-refractivity contribution in [2.24, 2.45) is 0 Å². The Morgan fingerprint density at radius 1 is 1.27 bits per heavy atom. The highest BCUT2D eigenvalue weighted by atomic mass is 79.9. The number of carbonyl (C=O) groups is 1. The fourth-order valence-electron chi connectivity index (χ4n) is 1.08. The molecular formula is C11H11Br3O. The quantitative estimate of drug-likeness (QED) is 0.678. The van der Waals surface area contributed by atoms with Crippen LogP contribution in [0.25, 0.3) is 0 Å². The van der Waals surface area contributed by atoms with Crippen LogP contribution in [-0.4, -0.2) is 10.1 Å². The van der Waals surface area contributed by atoms with Gasteiger partial charge >= 0.3 is 0 Å². The maximum Gasteiger partial charge on any atom is 0.166 e. The van der Waals surface area contributed by atoms with Crippen LogP contribution in [0.3, 0.4) is 0 Å². The maximum absolute atomic E-state index is 11.9. The number of benzene rings is 1. The highest BCUT2D eigenvalue weighted by molar-refractivity contribution is 9.11. The van der Waals surface area contributed by atoms with Crippen molar-refractivity contribution in [1.82, 2.24) is 0 Å². The normalized spacial score (nSPS) is 13.7. The highest BCUT2D eigenvalue weighted by Gasteiger charge is 2.30. The van der Waals surface area contributed by atoms with Crippen molar-refractivity contribution in [3.63, 3.8) is 0 Å². The van der Waals surface area contributed by atoms with E-state index in [-0.39, 0.29) is 10.6 Å². The Balaban J connectivity index is 2.90. The fraction of sp³-hybridized carbons (Fsp3) is 0.364. The van der Waals surface area contributed by atoms with Crippen molar-refractivity contribution in [2.45, 2.75) is 23.0 Å². The van der Waals surface area contributed by atoms with Crippen LogP contribution in [0.1, 0.15) is 24.2 Å². The average Bonchev–Trinajstić information content (AvgIpc) is 2.15. The predicted octanol–water partition coefficient (Wildman–Crippen LogP) is 4.63. The molecule has 1 atom stereocenters. The summed E-state index contributed by atoms with van der Waals surface area (Å²) >= 11 is 10.1. The number of carbonyl (C=O) groups excluding carboxylic acids is 1. The van der Waals surface area contributed by atoms with Crippen LogP contribution in [0, 0.1) is 0 Å². The summed E-state index contributed by atoms with van der Waals surface area (Å²) < 4.78 is 0.505. The van der Waals surface area contributed by atoms with E-state index in [9.17, 15) is 4.79 Å². The third-order valence-electron chi connectivity index (χ3n) is 1.98. The van der Waals surface area contributed by atoms with Crippen LogP contribution >= 0.6 is 47.8 Å². The van der Waals surface area contributed by atoms with Gasteiger partial charge in [0.1, 0.15) is 0 Å². The summed E-state index contributed by atoms with van der Waals surface area (Å²) in [6.45, 7) is 3.70. The van der Waals surface area contributed by atoms with E-state index in [1.807, 2.05) is 38.1 Å². The fourth-order valence-corrected chi connectivity index (χ4v) is 2.76. The molecule has 1 aromatic carbocycles. The van der Waals surface area contributed by atoms with Crippen LogP contribution in [0.4, 0.5) is 0 Å². The largest absolute Gasteiger partial charge is 0.296 e. The molecule has 0 aliphatic carbocycles. The van der Waals surface area contributed by atoms with E-state index in [1.165, 1.54) is 0 Å². The lowest BCUT2D eigenvalue weighted by atomic mass is 10.0. The molecule has 0 aromatic heterocycles. The number of alkyl halides is 2.